The molecule has 158 valence electrons. The third-order valence-corrected chi connectivity index (χ3v) is 5.41. The van der Waals surface area contributed by atoms with E-state index in [0.29, 0.717) is 13.2 Å². The first-order chi connectivity index (χ1) is 14.7. The van der Waals surface area contributed by atoms with Gasteiger partial charge >= 0.3 is 0 Å². The van der Waals surface area contributed by atoms with E-state index in [0.717, 1.165) is 41.8 Å². The second kappa shape index (κ2) is 9.89. The molecule has 2 heterocycles. The van der Waals surface area contributed by atoms with Crippen molar-refractivity contribution in [2.24, 2.45) is 0 Å². The van der Waals surface area contributed by atoms with Gasteiger partial charge in [0, 0.05) is 24.5 Å². The van der Waals surface area contributed by atoms with Crippen LogP contribution in [0.5, 0.6) is 11.5 Å². The van der Waals surface area contributed by atoms with Crippen LogP contribution in [0.2, 0.25) is 0 Å². The number of hydrogen-bond donors (Lipinski definition) is 1. The largest absolute Gasteiger partial charge is 0.497 e. The normalized spacial score (nSPS) is 19.0. The maximum atomic E-state index is 5.95. The van der Waals surface area contributed by atoms with Crippen molar-refractivity contribution < 1.29 is 18.9 Å². The third kappa shape index (κ3) is 5.08. The van der Waals surface area contributed by atoms with Crippen LogP contribution in [0.3, 0.4) is 0 Å². The summed E-state index contributed by atoms with van der Waals surface area (Å²) in [5.74, 6) is 1.71. The lowest BCUT2D eigenvalue weighted by Crippen LogP contribution is -2.44. The van der Waals surface area contributed by atoms with Crippen molar-refractivity contribution in [2.45, 2.75) is 31.7 Å². The number of methoxy groups -OCH3 is 2. The second-order valence-corrected chi connectivity index (χ2v) is 7.41. The van der Waals surface area contributed by atoms with Gasteiger partial charge in [-0.15, -0.1) is 0 Å². The first kappa shape index (κ1) is 20.6. The summed E-state index contributed by atoms with van der Waals surface area (Å²) in [5.41, 5.74) is 3.41. The fourth-order valence-electron chi connectivity index (χ4n) is 3.63. The summed E-state index contributed by atoms with van der Waals surface area (Å²) in [7, 11) is 3.36. The van der Waals surface area contributed by atoms with E-state index in [4.69, 9.17) is 18.9 Å². The Bertz CT molecular complexity index is 953. The summed E-state index contributed by atoms with van der Waals surface area (Å²) >= 11 is 0. The lowest BCUT2D eigenvalue weighted by atomic mass is 10.0. The molecule has 1 saturated heterocycles. The van der Waals surface area contributed by atoms with Gasteiger partial charge in [0.25, 0.3) is 0 Å². The molecule has 2 aromatic carbocycles. The molecule has 0 aliphatic carbocycles. The molecule has 0 unspecified atom stereocenters. The summed E-state index contributed by atoms with van der Waals surface area (Å²) in [6.45, 7) is 2.06. The molecule has 1 fully saturated rings. The Morgan fingerprint density at radius 1 is 0.967 bits per heavy atom. The average Bonchev–Trinajstić information content (AvgIpc) is 2.82. The Labute approximate surface area is 177 Å². The van der Waals surface area contributed by atoms with Gasteiger partial charge in [0.05, 0.1) is 39.0 Å². The van der Waals surface area contributed by atoms with Crippen molar-refractivity contribution in [3.8, 4) is 11.5 Å². The molecule has 6 heteroatoms. The van der Waals surface area contributed by atoms with Crippen molar-refractivity contribution in [3.63, 3.8) is 0 Å². The number of benzene rings is 2. The monoisotopic (exact) mass is 408 g/mol. The van der Waals surface area contributed by atoms with Gasteiger partial charge < -0.3 is 24.3 Å². The van der Waals surface area contributed by atoms with E-state index >= 15 is 0 Å². The molecule has 0 saturated carbocycles. The minimum absolute atomic E-state index is 0.183. The van der Waals surface area contributed by atoms with Crippen LogP contribution in [0.4, 0.5) is 0 Å². The standard InChI is InChI=1S/C24H28N2O4/c1-27-20-6-3-17(4-7-20)14-26-19-15-29-24(30-16-19)10-5-18-11-12-25-23-9-8-21(28-2)13-22(18)23/h3-4,6-9,11-13,19,24,26H,5,10,14-16H2,1-2H3/t19-,24-. The number of aryl methyl sites for hydroxylation is 1. The van der Waals surface area contributed by atoms with Crippen molar-refractivity contribution in [2.75, 3.05) is 27.4 Å². The minimum Gasteiger partial charge on any atom is -0.497 e. The average molecular weight is 408 g/mol. The molecule has 0 bridgehead atoms. The second-order valence-electron chi connectivity index (χ2n) is 7.41. The molecule has 6 nitrogen and oxygen atoms in total. The van der Waals surface area contributed by atoms with Crippen LogP contribution in [0.1, 0.15) is 17.5 Å². The zero-order chi connectivity index (χ0) is 20.8. The zero-order valence-electron chi connectivity index (χ0n) is 17.5. The van der Waals surface area contributed by atoms with E-state index in [1.165, 1.54) is 11.1 Å². The number of nitrogens with zero attached hydrogens (tertiary/aromatic N) is 1. The molecule has 3 aromatic rings. The Kier molecular flexibility index (Phi) is 6.79. The van der Waals surface area contributed by atoms with Crippen LogP contribution in [0.15, 0.2) is 54.7 Å². The Balaban J connectivity index is 1.25. The molecule has 1 N–H and O–H groups in total. The van der Waals surface area contributed by atoms with Gasteiger partial charge in [0.2, 0.25) is 0 Å². The Hall–Kier alpha value is -2.67. The third-order valence-electron chi connectivity index (χ3n) is 5.41. The molecule has 0 radical (unpaired) electrons. The van der Waals surface area contributed by atoms with E-state index in [-0.39, 0.29) is 12.3 Å². The van der Waals surface area contributed by atoms with Gasteiger partial charge in [0.15, 0.2) is 6.29 Å². The highest BCUT2D eigenvalue weighted by atomic mass is 16.7. The molecule has 0 spiro atoms. The number of rotatable bonds is 8. The van der Waals surface area contributed by atoms with Crippen LogP contribution < -0.4 is 14.8 Å². The summed E-state index contributed by atoms with van der Waals surface area (Å²) in [6, 6.07) is 16.3. The van der Waals surface area contributed by atoms with Crippen molar-refractivity contribution in [1.82, 2.24) is 10.3 Å². The molecule has 4 rings (SSSR count). The van der Waals surface area contributed by atoms with Gasteiger partial charge in [-0.2, -0.15) is 0 Å². The van der Waals surface area contributed by atoms with Crippen LogP contribution >= 0.6 is 0 Å². The smallest absolute Gasteiger partial charge is 0.158 e. The van der Waals surface area contributed by atoms with Crippen molar-refractivity contribution >= 4 is 10.9 Å². The molecule has 1 aliphatic heterocycles. The Morgan fingerprint density at radius 2 is 1.70 bits per heavy atom. The molecule has 0 amide bonds. The molecule has 0 atom stereocenters. The lowest BCUT2D eigenvalue weighted by molar-refractivity contribution is -0.192. The fraction of sp³-hybridized carbons (Fsp3) is 0.375. The highest BCUT2D eigenvalue weighted by molar-refractivity contribution is 5.83. The molecular weight excluding hydrogens is 380 g/mol. The zero-order valence-corrected chi connectivity index (χ0v) is 17.5. The van der Waals surface area contributed by atoms with E-state index in [1.54, 1.807) is 14.2 Å². The van der Waals surface area contributed by atoms with Crippen LogP contribution in [0, 0.1) is 0 Å². The van der Waals surface area contributed by atoms with Crippen molar-refractivity contribution in [3.05, 3.63) is 65.9 Å². The topological polar surface area (TPSA) is 61.8 Å². The number of hydrogen-bond acceptors (Lipinski definition) is 6. The van der Waals surface area contributed by atoms with Crippen LogP contribution in [-0.2, 0) is 22.4 Å². The number of aromatic nitrogens is 1. The van der Waals surface area contributed by atoms with Gasteiger partial charge in [-0.1, -0.05) is 12.1 Å². The maximum absolute atomic E-state index is 5.95. The Morgan fingerprint density at radius 3 is 2.43 bits per heavy atom. The first-order valence-corrected chi connectivity index (χ1v) is 10.3. The summed E-state index contributed by atoms with van der Waals surface area (Å²) in [5, 5.41) is 4.61. The van der Waals surface area contributed by atoms with Crippen LogP contribution in [-0.4, -0.2) is 44.7 Å². The predicted molar refractivity (Wildman–Crippen MR) is 116 cm³/mol. The van der Waals surface area contributed by atoms with E-state index in [2.05, 4.69) is 28.5 Å². The van der Waals surface area contributed by atoms with E-state index < -0.39 is 0 Å². The van der Waals surface area contributed by atoms with E-state index in [1.807, 2.05) is 36.5 Å². The first-order valence-electron chi connectivity index (χ1n) is 10.3. The maximum Gasteiger partial charge on any atom is 0.158 e. The lowest BCUT2D eigenvalue weighted by Gasteiger charge is -2.30. The number of fused-ring (bicyclic) bond motifs is 1. The van der Waals surface area contributed by atoms with Gasteiger partial charge in [0.1, 0.15) is 11.5 Å². The predicted octanol–water partition coefficient (Wildman–Crippen LogP) is 3.72. The van der Waals surface area contributed by atoms with Crippen LogP contribution in [0.25, 0.3) is 10.9 Å². The summed E-state index contributed by atoms with van der Waals surface area (Å²) < 4.78 is 22.5. The summed E-state index contributed by atoms with van der Waals surface area (Å²) in [4.78, 5) is 4.44. The molecule has 30 heavy (non-hydrogen) atoms. The van der Waals surface area contributed by atoms with E-state index in [9.17, 15) is 0 Å². The number of ether oxygens (including phenoxy) is 4. The van der Waals surface area contributed by atoms with Gasteiger partial charge in [-0.3, -0.25) is 4.98 Å². The van der Waals surface area contributed by atoms with Gasteiger partial charge in [-0.05, 0) is 53.9 Å². The fourth-order valence-corrected chi connectivity index (χ4v) is 3.63. The van der Waals surface area contributed by atoms with Crippen molar-refractivity contribution in [1.29, 1.82) is 0 Å². The molecule has 1 aliphatic rings. The van der Waals surface area contributed by atoms with Gasteiger partial charge in [-0.25, -0.2) is 0 Å². The molecule has 1 aromatic heterocycles. The highest BCUT2D eigenvalue weighted by Crippen LogP contribution is 2.24. The minimum atomic E-state index is -0.183. The number of pyridine rings is 1. The summed E-state index contributed by atoms with van der Waals surface area (Å²) in [6.07, 6.45) is 3.34. The quantitative estimate of drug-likeness (QED) is 0.613. The SMILES string of the molecule is COc1ccc(CN[C@H]2CO[C@H](CCc3ccnc4ccc(OC)cc34)OC2)cc1. The number of nitrogens with one attached hydrogen (secondary N) is 1. The highest BCUT2D eigenvalue weighted by Gasteiger charge is 2.22. The molecular formula is C24H28N2O4.